The van der Waals surface area contributed by atoms with Crippen molar-refractivity contribution in [3.8, 4) is 0 Å². The number of aliphatic carboxylic acids is 1. The number of alkyl halides is 15. The number of fused-ring (bicyclic) bond motifs is 1. The first-order valence-corrected chi connectivity index (χ1v) is 20.7. The minimum absolute atomic E-state index is 0.158. The molecule has 0 spiro atoms. The topological polar surface area (TPSA) is 254 Å². The van der Waals surface area contributed by atoms with E-state index in [0.29, 0.717) is 38.9 Å². The molecule has 5 aliphatic heterocycles. The molecule has 5 fully saturated rings. The van der Waals surface area contributed by atoms with Crippen LogP contribution in [0.1, 0.15) is 54.4 Å². The van der Waals surface area contributed by atoms with E-state index in [1.165, 1.54) is 13.8 Å². The largest absolute Gasteiger partial charge is 0.478 e. The molecule has 0 aliphatic carbocycles. The van der Waals surface area contributed by atoms with Crippen molar-refractivity contribution in [1.82, 2.24) is 0 Å². The Morgan fingerprint density at radius 1 is 0.724 bits per heavy atom. The molecule has 432 valence electrons. The number of rotatable bonds is 12. The number of ether oxygens (including phenoxy) is 8. The highest BCUT2D eigenvalue weighted by Gasteiger charge is 2.83. The molecular weight excluding hydrogens is 1090 g/mol. The van der Waals surface area contributed by atoms with E-state index in [0.717, 1.165) is 6.92 Å². The molecule has 0 radical (unpaired) electrons. The smallest absolute Gasteiger partial charge is 0.449 e. The summed E-state index contributed by atoms with van der Waals surface area (Å²) in [5.41, 5.74) is -9.77. The lowest BCUT2D eigenvalue weighted by molar-refractivity contribution is -0.409. The molecule has 2 bridgehead atoms. The average Bonchev–Trinajstić information content (AvgIpc) is 4.05. The molecule has 10 unspecified atom stereocenters. The number of carbonyl (C=O) groups excluding carboxylic acids is 6. The van der Waals surface area contributed by atoms with Crippen LogP contribution in [0.3, 0.4) is 0 Å². The first-order valence-electron chi connectivity index (χ1n) is 20.7. The molecule has 76 heavy (non-hydrogen) atoms. The molecule has 33 heteroatoms. The zero-order chi connectivity index (χ0) is 60.0. The van der Waals surface area contributed by atoms with Crippen molar-refractivity contribution in [3.63, 3.8) is 0 Å². The predicted octanol–water partition coefficient (Wildman–Crippen LogP) is 6.27. The van der Waals surface area contributed by atoms with Crippen molar-refractivity contribution >= 4 is 41.8 Å². The van der Waals surface area contributed by atoms with Crippen LogP contribution in [0.25, 0.3) is 0 Å². The highest BCUT2D eigenvalue weighted by atomic mass is 19.4. The van der Waals surface area contributed by atoms with E-state index in [9.17, 15) is 99.4 Å². The van der Waals surface area contributed by atoms with Crippen LogP contribution in [0, 0.1) is 5.92 Å². The summed E-state index contributed by atoms with van der Waals surface area (Å²) in [4.78, 5) is 76.2. The fraction of sp³-hybridized carbons (Fsp3) is 0.605. The van der Waals surface area contributed by atoms with Gasteiger partial charge in [-0.05, 0) is 48.0 Å². The molecule has 0 amide bonds. The van der Waals surface area contributed by atoms with Gasteiger partial charge in [0.2, 0.25) is 11.7 Å². The van der Waals surface area contributed by atoms with Crippen LogP contribution in [0.15, 0.2) is 60.8 Å². The third-order valence-electron chi connectivity index (χ3n) is 10.4. The van der Waals surface area contributed by atoms with E-state index < -0.39 is 126 Å². The molecule has 18 nitrogen and oxygen atoms in total. The molecule has 5 saturated heterocycles. The number of carboxylic acid groups (broad SMARTS) is 1. The van der Waals surface area contributed by atoms with E-state index >= 15 is 0 Å². The lowest BCUT2D eigenvalue weighted by Gasteiger charge is -2.40. The molecular formula is C43H47F15O18. The van der Waals surface area contributed by atoms with Gasteiger partial charge >= 0.3 is 77.9 Å². The van der Waals surface area contributed by atoms with Crippen molar-refractivity contribution < 1.29 is 153 Å². The summed E-state index contributed by atoms with van der Waals surface area (Å²) in [5, 5.41) is 25.5. The van der Waals surface area contributed by atoms with Crippen molar-refractivity contribution in [3.05, 3.63) is 60.8 Å². The van der Waals surface area contributed by atoms with E-state index in [4.69, 9.17) is 34.3 Å². The van der Waals surface area contributed by atoms with E-state index in [-0.39, 0.29) is 40.8 Å². The monoisotopic (exact) mass is 1140 g/mol. The van der Waals surface area contributed by atoms with Crippen molar-refractivity contribution in [1.29, 1.82) is 0 Å². The maximum absolute atomic E-state index is 13.8. The number of halogens is 15. The van der Waals surface area contributed by atoms with Crippen LogP contribution in [-0.4, -0.2) is 161 Å². The first-order chi connectivity index (χ1) is 34.0. The van der Waals surface area contributed by atoms with Gasteiger partial charge in [-0.1, -0.05) is 32.9 Å². The van der Waals surface area contributed by atoms with Gasteiger partial charge in [-0.15, -0.1) is 0 Å². The van der Waals surface area contributed by atoms with Gasteiger partial charge in [0.15, 0.2) is 12.2 Å². The summed E-state index contributed by atoms with van der Waals surface area (Å²) in [6.07, 6.45) is -30.4. The Labute approximate surface area is 419 Å². The number of esters is 6. The predicted molar refractivity (Wildman–Crippen MR) is 218 cm³/mol. The van der Waals surface area contributed by atoms with E-state index in [2.05, 4.69) is 51.8 Å². The Morgan fingerprint density at radius 2 is 1.18 bits per heavy atom. The Hall–Kier alpha value is -6.22. The fourth-order valence-corrected chi connectivity index (χ4v) is 6.06. The quantitative estimate of drug-likeness (QED) is 0.0843. The first kappa shape index (κ1) is 67.8. The molecule has 0 aromatic rings. The second kappa shape index (κ2) is 24.4. The van der Waals surface area contributed by atoms with Crippen LogP contribution < -0.4 is 0 Å². The fourth-order valence-electron chi connectivity index (χ4n) is 6.06. The van der Waals surface area contributed by atoms with Crippen LogP contribution in [0.2, 0.25) is 0 Å². The Kier molecular flexibility index (Phi) is 21.8. The van der Waals surface area contributed by atoms with Gasteiger partial charge in [-0.25, -0.2) is 37.5 Å². The van der Waals surface area contributed by atoms with Crippen LogP contribution in [-0.2, 0) is 71.5 Å². The summed E-state index contributed by atoms with van der Waals surface area (Å²) in [5.74, 6) is -22.5. The number of hydrogen-bond donors (Lipinski definition) is 3. The molecule has 0 saturated carbocycles. The molecule has 0 aromatic heterocycles. The standard InChI is InChI=1S/C11H12O5.C10H8F10O3.C10H11F5O4.C8H10O4.C4H6O2/c1-4(2)10(12)15-8-6-3-5-7(14-6)9(8)16-11(5)13;1-3(2)4(21)23-5(9(15,16)17)8(13,14)7(22,6(11)12)10(18,19)20;1-5(2)6(16)19-7(3)4-18-9(17,8(7,11)12)10(13,14)15;1-5(2)7(9)12-6-3-4-11-8(6)10;1-3(2)4(5)6/h5-9H,1,3H2,2H3;5-6,22H,1H2,2H3;17H,1,4H2,2-3H3;6H,1,3-4H2,2H3;1H2,2H3,(H,5,6). The summed E-state index contributed by atoms with van der Waals surface area (Å²) in [6, 6.07) is 0. The van der Waals surface area contributed by atoms with Gasteiger partial charge in [0.25, 0.3) is 18.1 Å². The van der Waals surface area contributed by atoms with Gasteiger partial charge in [-0.3, -0.25) is 4.79 Å². The van der Waals surface area contributed by atoms with Crippen molar-refractivity contribution in [2.75, 3.05) is 13.2 Å². The second-order valence-corrected chi connectivity index (χ2v) is 16.9. The summed E-state index contributed by atoms with van der Waals surface area (Å²) < 4.78 is 228. The van der Waals surface area contributed by atoms with Gasteiger partial charge in [0, 0.05) is 34.3 Å². The van der Waals surface area contributed by atoms with Crippen LogP contribution >= 0.6 is 0 Å². The number of cyclic esters (lactones) is 1. The normalized spacial score (nSPS) is 27.0. The molecule has 3 N–H and O–H groups in total. The molecule has 10 atom stereocenters. The van der Waals surface area contributed by atoms with E-state index in [1.54, 1.807) is 6.92 Å². The lowest BCUT2D eigenvalue weighted by atomic mass is 9.88. The van der Waals surface area contributed by atoms with Gasteiger partial charge in [-0.2, -0.15) is 57.1 Å². The second-order valence-electron chi connectivity index (χ2n) is 16.9. The van der Waals surface area contributed by atoms with Crippen molar-refractivity contribution in [2.24, 2.45) is 5.92 Å². The summed E-state index contributed by atoms with van der Waals surface area (Å²) in [7, 11) is 0. The Morgan fingerprint density at radius 3 is 1.54 bits per heavy atom. The maximum atomic E-state index is 13.8. The SMILES string of the molecule is C=C(C)C(=O)O.C=C(C)C(=O)OC(C(F)(F)F)C(F)(F)C(O)(C(F)F)C(F)(F)F.C=C(C)C(=O)OC1(C)COC(O)(C(F)(F)F)C1(F)F.C=C(C)C(=O)OC1C2CC3C(=O)OC1C3O2.C=C(C)C(=O)OC1CCOC1=O. The zero-order valence-electron chi connectivity index (χ0n) is 40.1. The summed E-state index contributed by atoms with van der Waals surface area (Å²) in [6.45, 7) is 21.8. The van der Waals surface area contributed by atoms with Gasteiger partial charge in [0.1, 0.15) is 6.10 Å². The maximum Gasteiger partial charge on any atom is 0.449 e. The van der Waals surface area contributed by atoms with Gasteiger partial charge < -0.3 is 53.2 Å². The molecule has 5 rings (SSSR count). The van der Waals surface area contributed by atoms with Crippen LogP contribution in [0.5, 0.6) is 0 Å². The molecule has 5 heterocycles. The van der Waals surface area contributed by atoms with Crippen LogP contribution in [0.4, 0.5) is 65.9 Å². The van der Waals surface area contributed by atoms with E-state index in [1.807, 2.05) is 0 Å². The summed E-state index contributed by atoms with van der Waals surface area (Å²) >= 11 is 0. The average molecular weight is 1140 g/mol. The number of carbonyl (C=O) groups is 7. The molecule has 5 aliphatic rings. The minimum atomic E-state index is -6.87. The number of hydrogen-bond acceptors (Lipinski definition) is 17. The third-order valence-corrected chi connectivity index (χ3v) is 10.4. The van der Waals surface area contributed by atoms with Gasteiger partial charge in [0.05, 0.1) is 25.2 Å². The van der Waals surface area contributed by atoms with Crippen molar-refractivity contribution in [2.45, 2.75) is 145 Å². The highest BCUT2D eigenvalue weighted by Crippen LogP contribution is 2.55. The highest BCUT2D eigenvalue weighted by molar-refractivity contribution is 5.90. The molecule has 0 aromatic carbocycles. The number of aliphatic hydroxyl groups is 2. The Balaban J connectivity index is 0.000000497. The lowest BCUT2D eigenvalue weighted by Crippen LogP contribution is -2.70. The minimum Gasteiger partial charge on any atom is -0.478 e. The zero-order valence-corrected chi connectivity index (χ0v) is 40.1. The third kappa shape index (κ3) is 14.8. The number of carboxylic acids is 1. The Bertz CT molecular complexity index is 2280.